The predicted molar refractivity (Wildman–Crippen MR) is 126 cm³/mol. The number of rotatable bonds is 8. The summed E-state index contributed by atoms with van der Waals surface area (Å²) in [4.78, 5) is 49.7. The summed E-state index contributed by atoms with van der Waals surface area (Å²) in [5.74, 6) is -2.66. The number of nitrogens with one attached hydrogen (secondary N) is 1. The first-order valence-electron chi connectivity index (χ1n) is 11.5. The Morgan fingerprint density at radius 1 is 1.20 bits per heavy atom. The number of carbonyl (C=O) groups is 3. The van der Waals surface area contributed by atoms with E-state index in [2.05, 4.69) is 5.32 Å². The van der Waals surface area contributed by atoms with Crippen molar-refractivity contribution in [2.45, 2.75) is 50.8 Å². The van der Waals surface area contributed by atoms with Crippen LogP contribution in [0.5, 0.6) is 5.75 Å². The van der Waals surface area contributed by atoms with Gasteiger partial charge in [0, 0.05) is 31.4 Å². The number of nitrogens with zero attached hydrogens (tertiary/aromatic N) is 2. The summed E-state index contributed by atoms with van der Waals surface area (Å²) in [6, 6.07) is 3.09. The van der Waals surface area contributed by atoms with E-state index in [1.54, 1.807) is 12.1 Å². The number of carbonyl (C=O) groups excluding carboxylic acids is 1. The molecule has 4 rings (SSSR count). The number of aromatic nitrogens is 1. The number of aliphatic hydroxyl groups excluding tert-OH is 1. The molecule has 1 aromatic heterocycles. The van der Waals surface area contributed by atoms with Gasteiger partial charge in [0.05, 0.1) is 30.1 Å². The van der Waals surface area contributed by atoms with Gasteiger partial charge in [-0.3, -0.25) is 14.4 Å². The Hall–Kier alpha value is -3.60. The van der Waals surface area contributed by atoms with Crippen molar-refractivity contribution in [3.05, 3.63) is 34.1 Å². The zero-order valence-electron chi connectivity index (χ0n) is 19.6. The lowest BCUT2D eigenvalue weighted by Gasteiger charge is -2.39. The number of aliphatic carboxylic acids is 1. The molecule has 2 aromatic rings. The minimum atomic E-state index is -1.63. The van der Waals surface area contributed by atoms with E-state index in [0.29, 0.717) is 36.5 Å². The molecule has 1 saturated carbocycles. The topological polar surface area (TPSA) is 158 Å². The summed E-state index contributed by atoms with van der Waals surface area (Å²) in [6.45, 7) is 3.05. The Kier molecular flexibility index (Phi) is 6.70. The number of fused-ring (bicyclic) bond motifs is 1. The molecule has 35 heavy (non-hydrogen) atoms. The molecule has 1 amide bonds. The number of hydrogen-bond acceptors (Lipinski definition) is 7. The lowest BCUT2D eigenvalue weighted by Crippen LogP contribution is -2.52. The van der Waals surface area contributed by atoms with Crippen LogP contribution in [0.3, 0.4) is 0 Å². The van der Waals surface area contributed by atoms with Gasteiger partial charge in [-0.1, -0.05) is 6.92 Å². The van der Waals surface area contributed by atoms with Crippen molar-refractivity contribution >= 4 is 34.4 Å². The van der Waals surface area contributed by atoms with E-state index in [4.69, 9.17) is 9.84 Å². The van der Waals surface area contributed by atoms with Crippen LogP contribution in [0.25, 0.3) is 10.9 Å². The molecule has 1 unspecified atom stereocenters. The van der Waals surface area contributed by atoms with Crippen LogP contribution in [-0.2, 0) is 9.59 Å². The third-order valence-electron chi connectivity index (χ3n) is 6.52. The number of carboxylic acid groups (broad SMARTS) is 2. The van der Waals surface area contributed by atoms with Crippen molar-refractivity contribution < 1.29 is 34.4 Å². The molecule has 4 N–H and O–H groups in total. The summed E-state index contributed by atoms with van der Waals surface area (Å²) in [5, 5.41) is 31.2. The highest BCUT2D eigenvalue weighted by atomic mass is 16.5. The second kappa shape index (κ2) is 9.57. The molecule has 1 saturated heterocycles. The highest BCUT2D eigenvalue weighted by Crippen LogP contribution is 2.43. The molecule has 2 aliphatic rings. The zero-order valence-corrected chi connectivity index (χ0v) is 19.6. The average Bonchev–Trinajstić information content (AvgIpc) is 3.62. The quantitative estimate of drug-likeness (QED) is 0.429. The Labute approximate surface area is 200 Å². The van der Waals surface area contributed by atoms with E-state index in [0.717, 1.165) is 12.8 Å². The van der Waals surface area contributed by atoms with Gasteiger partial charge in [0.1, 0.15) is 11.7 Å². The van der Waals surface area contributed by atoms with E-state index in [-0.39, 0.29) is 29.0 Å². The summed E-state index contributed by atoms with van der Waals surface area (Å²) in [5.41, 5.74) is 0.388. The van der Waals surface area contributed by atoms with Crippen LogP contribution in [-0.4, -0.2) is 70.1 Å². The molecule has 188 valence electrons. The van der Waals surface area contributed by atoms with Crippen LogP contribution >= 0.6 is 0 Å². The molecular formula is C24H29N3O8. The predicted octanol–water partition coefficient (Wildman–Crippen LogP) is 1.21. The number of amides is 1. The van der Waals surface area contributed by atoms with Gasteiger partial charge in [-0.25, -0.2) is 4.79 Å². The van der Waals surface area contributed by atoms with Crippen LogP contribution in [0.1, 0.15) is 49.0 Å². The van der Waals surface area contributed by atoms with Gasteiger partial charge in [-0.2, -0.15) is 0 Å². The molecule has 1 aliphatic heterocycles. The normalized spacial score (nSPS) is 20.9. The van der Waals surface area contributed by atoms with Crippen LogP contribution in [0.15, 0.2) is 23.1 Å². The molecule has 11 heteroatoms. The summed E-state index contributed by atoms with van der Waals surface area (Å²) in [6.07, 6.45) is 1.48. The van der Waals surface area contributed by atoms with Crippen molar-refractivity contribution in [3.63, 3.8) is 0 Å². The van der Waals surface area contributed by atoms with Gasteiger partial charge in [-0.05, 0) is 37.3 Å². The van der Waals surface area contributed by atoms with Crippen LogP contribution in [0, 0.1) is 5.92 Å². The lowest BCUT2D eigenvalue weighted by atomic mass is 9.94. The van der Waals surface area contributed by atoms with Crippen LogP contribution in [0.4, 0.5) is 5.69 Å². The molecule has 2 heterocycles. The number of anilines is 1. The SMILES string of the molecule is COc1c(N2C[C@@H](C)C[C@H](NC(=O)C(O)CC(=O)O)C2)ccc2c(=O)c(C(=O)O)cn(C3CC3)c12. The van der Waals surface area contributed by atoms with Gasteiger partial charge in [0.15, 0.2) is 5.75 Å². The van der Waals surface area contributed by atoms with Gasteiger partial charge < -0.3 is 34.8 Å². The number of benzene rings is 1. The number of carboxylic acids is 2. The van der Waals surface area contributed by atoms with Crippen molar-refractivity contribution in [1.29, 1.82) is 0 Å². The van der Waals surface area contributed by atoms with Gasteiger partial charge in [0.2, 0.25) is 11.3 Å². The van der Waals surface area contributed by atoms with Gasteiger partial charge >= 0.3 is 11.9 Å². The molecule has 0 bridgehead atoms. The van der Waals surface area contributed by atoms with Crippen molar-refractivity contribution in [2.75, 3.05) is 25.1 Å². The second-order valence-corrected chi connectivity index (χ2v) is 9.39. The first-order chi connectivity index (χ1) is 16.6. The highest BCUT2D eigenvalue weighted by molar-refractivity contribution is 5.97. The lowest BCUT2D eigenvalue weighted by molar-refractivity contribution is -0.144. The first-order valence-corrected chi connectivity index (χ1v) is 11.5. The van der Waals surface area contributed by atoms with Crippen molar-refractivity contribution in [1.82, 2.24) is 9.88 Å². The first kappa shape index (κ1) is 24.5. The van der Waals surface area contributed by atoms with Crippen molar-refractivity contribution in [3.8, 4) is 5.75 Å². The minimum Gasteiger partial charge on any atom is -0.492 e. The molecule has 11 nitrogen and oxygen atoms in total. The standard InChI is InChI=1S/C24H29N3O8/c1-12-7-13(25-23(32)18(28)8-19(29)30)10-26(9-12)17-6-5-15-20(22(17)35-2)27(14-3-4-14)11-16(21(15)31)24(33)34/h5-6,11-14,18,28H,3-4,7-10H2,1-2H3,(H,25,32)(H,29,30)(H,33,34)/t12-,13-,18?/m0/s1. The number of methoxy groups -OCH3 is 1. The second-order valence-electron chi connectivity index (χ2n) is 9.39. The number of aromatic carboxylic acids is 1. The number of ether oxygens (including phenoxy) is 1. The maximum absolute atomic E-state index is 12.9. The number of hydrogen-bond donors (Lipinski definition) is 4. The number of pyridine rings is 1. The molecule has 0 spiro atoms. The Balaban J connectivity index is 1.71. The summed E-state index contributed by atoms with van der Waals surface area (Å²) < 4.78 is 7.59. The Bertz CT molecular complexity index is 1240. The third kappa shape index (κ3) is 4.95. The molecule has 3 atom stereocenters. The van der Waals surface area contributed by atoms with Crippen molar-refractivity contribution in [2.24, 2.45) is 5.92 Å². The van der Waals surface area contributed by atoms with E-state index >= 15 is 0 Å². The Morgan fingerprint density at radius 3 is 2.51 bits per heavy atom. The molecule has 2 fully saturated rings. The average molecular weight is 488 g/mol. The fraction of sp³-hybridized carbons (Fsp3) is 0.500. The molecule has 1 aliphatic carbocycles. The highest BCUT2D eigenvalue weighted by Gasteiger charge is 2.33. The van der Waals surface area contributed by atoms with E-state index in [1.807, 2.05) is 16.4 Å². The largest absolute Gasteiger partial charge is 0.492 e. The fourth-order valence-electron chi connectivity index (χ4n) is 4.86. The molecular weight excluding hydrogens is 458 g/mol. The van der Waals surface area contributed by atoms with Crippen LogP contribution < -0.4 is 20.4 Å². The van der Waals surface area contributed by atoms with Gasteiger partial charge in [-0.15, -0.1) is 0 Å². The maximum atomic E-state index is 12.9. The number of aliphatic hydroxyl groups is 1. The maximum Gasteiger partial charge on any atom is 0.341 e. The third-order valence-corrected chi connectivity index (χ3v) is 6.52. The monoisotopic (exact) mass is 487 g/mol. The molecule has 1 aromatic carbocycles. The zero-order chi connectivity index (χ0) is 25.4. The summed E-state index contributed by atoms with van der Waals surface area (Å²) >= 11 is 0. The minimum absolute atomic E-state index is 0.0865. The Morgan fingerprint density at radius 2 is 1.91 bits per heavy atom. The van der Waals surface area contributed by atoms with E-state index < -0.39 is 35.8 Å². The fourth-order valence-corrected chi connectivity index (χ4v) is 4.86. The van der Waals surface area contributed by atoms with Gasteiger partial charge in [0.25, 0.3) is 0 Å². The van der Waals surface area contributed by atoms with E-state index in [1.165, 1.54) is 13.3 Å². The smallest absolute Gasteiger partial charge is 0.341 e. The van der Waals surface area contributed by atoms with Crippen LogP contribution in [0.2, 0.25) is 0 Å². The summed E-state index contributed by atoms with van der Waals surface area (Å²) in [7, 11) is 1.50. The van der Waals surface area contributed by atoms with E-state index in [9.17, 15) is 29.4 Å². The molecule has 0 radical (unpaired) electrons. The number of piperidine rings is 1.